The van der Waals surface area contributed by atoms with Crippen molar-refractivity contribution in [3.8, 4) is 0 Å². The van der Waals surface area contributed by atoms with Crippen molar-refractivity contribution in [1.82, 2.24) is 0 Å². The molecule has 88 valence electrons. The van der Waals surface area contributed by atoms with Crippen molar-refractivity contribution >= 4 is 0 Å². The molecule has 1 aliphatic heterocycles. The summed E-state index contributed by atoms with van der Waals surface area (Å²) in [6, 6.07) is 0. The lowest BCUT2D eigenvalue weighted by atomic mass is 9.66. The van der Waals surface area contributed by atoms with Gasteiger partial charge in [0.2, 0.25) is 0 Å². The highest BCUT2D eigenvalue weighted by Gasteiger charge is 2.45. The van der Waals surface area contributed by atoms with Gasteiger partial charge in [-0.25, -0.2) is 0 Å². The molecule has 0 bridgehead atoms. The Labute approximate surface area is 91.4 Å². The van der Waals surface area contributed by atoms with E-state index in [1.165, 1.54) is 6.42 Å². The van der Waals surface area contributed by atoms with Crippen LogP contribution in [0, 0.1) is 5.41 Å². The van der Waals surface area contributed by atoms with E-state index in [1.54, 1.807) is 0 Å². The summed E-state index contributed by atoms with van der Waals surface area (Å²) in [5, 5.41) is 0. The zero-order valence-electron chi connectivity index (χ0n) is 9.43. The Morgan fingerprint density at radius 1 is 1.13 bits per heavy atom. The highest BCUT2D eigenvalue weighted by Crippen LogP contribution is 2.46. The minimum absolute atomic E-state index is 0.0258. The molecular formula is C12H22FNO. The van der Waals surface area contributed by atoms with Gasteiger partial charge in [0, 0.05) is 18.6 Å². The van der Waals surface area contributed by atoms with Gasteiger partial charge < -0.3 is 10.5 Å². The standard InChI is InChI=1S/C12H22FNO/c13-9-11(10-14)4-3-6-12(8-11)5-1-2-7-15-12/h1-10,14H2. The summed E-state index contributed by atoms with van der Waals surface area (Å²) in [6.07, 6.45) is 7.45. The van der Waals surface area contributed by atoms with Crippen LogP contribution < -0.4 is 5.73 Å². The molecule has 2 atom stereocenters. The quantitative estimate of drug-likeness (QED) is 0.767. The lowest BCUT2D eigenvalue weighted by Crippen LogP contribution is -2.49. The van der Waals surface area contributed by atoms with Crippen LogP contribution in [-0.4, -0.2) is 25.4 Å². The van der Waals surface area contributed by atoms with E-state index in [4.69, 9.17) is 10.5 Å². The van der Waals surface area contributed by atoms with Crippen molar-refractivity contribution < 1.29 is 9.13 Å². The molecule has 0 aromatic rings. The molecule has 0 aromatic carbocycles. The van der Waals surface area contributed by atoms with E-state index in [2.05, 4.69) is 0 Å². The number of hydrogen-bond donors (Lipinski definition) is 1. The Morgan fingerprint density at radius 2 is 1.93 bits per heavy atom. The van der Waals surface area contributed by atoms with Crippen LogP contribution in [0.5, 0.6) is 0 Å². The molecule has 1 saturated heterocycles. The highest BCUT2D eigenvalue weighted by atomic mass is 19.1. The normalized spacial score (nSPS) is 42.0. The first-order valence-corrected chi connectivity index (χ1v) is 6.14. The number of alkyl halides is 1. The number of hydrogen-bond acceptors (Lipinski definition) is 2. The molecule has 1 aliphatic carbocycles. The Kier molecular flexibility index (Phi) is 3.31. The maximum absolute atomic E-state index is 13.1. The van der Waals surface area contributed by atoms with Gasteiger partial charge in [-0.15, -0.1) is 0 Å². The second-order valence-corrected chi connectivity index (χ2v) is 5.36. The van der Waals surface area contributed by atoms with E-state index in [9.17, 15) is 4.39 Å². The molecule has 2 aliphatic rings. The fourth-order valence-corrected chi connectivity index (χ4v) is 3.24. The number of nitrogens with two attached hydrogens (primary N) is 1. The van der Waals surface area contributed by atoms with Crippen molar-refractivity contribution in [3.63, 3.8) is 0 Å². The van der Waals surface area contributed by atoms with Crippen molar-refractivity contribution in [2.24, 2.45) is 11.1 Å². The molecule has 0 aromatic heterocycles. The topological polar surface area (TPSA) is 35.2 Å². The predicted molar refractivity (Wildman–Crippen MR) is 58.5 cm³/mol. The maximum atomic E-state index is 13.1. The summed E-state index contributed by atoms with van der Waals surface area (Å²) in [6.45, 7) is 1.04. The van der Waals surface area contributed by atoms with Crippen molar-refractivity contribution in [3.05, 3.63) is 0 Å². The minimum Gasteiger partial charge on any atom is -0.375 e. The lowest BCUT2D eigenvalue weighted by molar-refractivity contribution is -0.131. The smallest absolute Gasteiger partial charge is 0.0963 e. The second-order valence-electron chi connectivity index (χ2n) is 5.36. The average Bonchev–Trinajstić information content (AvgIpc) is 2.30. The van der Waals surface area contributed by atoms with Gasteiger partial charge >= 0.3 is 0 Å². The van der Waals surface area contributed by atoms with Crippen LogP contribution in [0.1, 0.15) is 44.9 Å². The van der Waals surface area contributed by atoms with Crippen LogP contribution in [-0.2, 0) is 4.74 Å². The van der Waals surface area contributed by atoms with Gasteiger partial charge in [-0.2, -0.15) is 0 Å². The molecule has 2 unspecified atom stereocenters. The van der Waals surface area contributed by atoms with Crippen molar-refractivity contribution in [1.29, 1.82) is 0 Å². The number of ether oxygens (including phenoxy) is 1. The average molecular weight is 215 g/mol. The first kappa shape index (κ1) is 11.3. The summed E-state index contributed by atoms with van der Waals surface area (Å²) in [5.74, 6) is 0. The Balaban J connectivity index is 2.07. The first-order valence-electron chi connectivity index (χ1n) is 6.14. The van der Waals surface area contributed by atoms with Crippen LogP contribution in [0.15, 0.2) is 0 Å². The molecule has 3 heteroatoms. The van der Waals surface area contributed by atoms with E-state index >= 15 is 0 Å². The van der Waals surface area contributed by atoms with Gasteiger partial charge in [0.15, 0.2) is 0 Å². The first-order chi connectivity index (χ1) is 7.24. The van der Waals surface area contributed by atoms with Gasteiger partial charge in [-0.05, 0) is 44.9 Å². The monoisotopic (exact) mass is 215 g/mol. The third kappa shape index (κ3) is 2.18. The lowest BCUT2D eigenvalue weighted by Gasteiger charge is -2.48. The molecule has 15 heavy (non-hydrogen) atoms. The van der Waals surface area contributed by atoms with E-state index < -0.39 is 0 Å². The van der Waals surface area contributed by atoms with Gasteiger partial charge in [-0.3, -0.25) is 4.39 Å². The largest absolute Gasteiger partial charge is 0.375 e. The van der Waals surface area contributed by atoms with E-state index in [1.807, 2.05) is 0 Å². The molecule has 1 spiro atoms. The fourth-order valence-electron chi connectivity index (χ4n) is 3.24. The third-order valence-corrected chi connectivity index (χ3v) is 4.19. The van der Waals surface area contributed by atoms with Crippen molar-refractivity contribution in [2.75, 3.05) is 19.8 Å². The molecule has 0 radical (unpaired) electrons. The summed E-state index contributed by atoms with van der Waals surface area (Å²) in [5.41, 5.74) is 5.44. The minimum atomic E-state index is -0.283. The fraction of sp³-hybridized carbons (Fsp3) is 1.00. The molecule has 0 amide bonds. The summed E-state index contributed by atoms with van der Waals surface area (Å²) >= 11 is 0. The van der Waals surface area contributed by atoms with Crippen LogP contribution in [0.25, 0.3) is 0 Å². The van der Waals surface area contributed by atoms with Crippen LogP contribution in [0.2, 0.25) is 0 Å². The van der Waals surface area contributed by atoms with E-state index in [0.717, 1.165) is 45.1 Å². The predicted octanol–water partition coefficient (Wildman–Crippen LogP) is 2.41. The Morgan fingerprint density at radius 3 is 2.53 bits per heavy atom. The zero-order chi connectivity index (χ0) is 10.8. The van der Waals surface area contributed by atoms with E-state index in [-0.39, 0.29) is 17.7 Å². The molecule has 1 heterocycles. The van der Waals surface area contributed by atoms with Gasteiger partial charge in [-0.1, -0.05) is 0 Å². The Hall–Kier alpha value is -0.150. The van der Waals surface area contributed by atoms with Gasteiger partial charge in [0.1, 0.15) is 0 Å². The second kappa shape index (κ2) is 4.38. The summed E-state index contributed by atoms with van der Waals surface area (Å²) in [4.78, 5) is 0. The van der Waals surface area contributed by atoms with Crippen LogP contribution in [0.4, 0.5) is 4.39 Å². The summed E-state index contributed by atoms with van der Waals surface area (Å²) < 4.78 is 19.1. The molecule has 2 nitrogen and oxygen atoms in total. The number of rotatable bonds is 2. The molecule has 1 saturated carbocycles. The van der Waals surface area contributed by atoms with Gasteiger partial charge in [0.05, 0.1) is 12.3 Å². The maximum Gasteiger partial charge on any atom is 0.0963 e. The molecular weight excluding hydrogens is 193 g/mol. The molecule has 2 rings (SSSR count). The molecule has 2 fully saturated rings. The Bertz CT molecular complexity index is 204. The van der Waals surface area contributed by atoms with Crippen molar-refractivity contribution in [2.45, 2.75) is 50.5 Å². The summed E-state index contributed by atoms with van der Waals surface area (Å²) in [7, 11) is 0. The van der Waals surface area contributed by atoms with Crippen LogP contribution >= 0.6 is 0 Å². The van der Waals surface area contributed by atoms with Crippen LogP contribution in [0.3, 0.4) is 0 Å². The van der Waals surface area contributed by atoms with Gasteiger partial charge in [0.25, 0.3) is 0 Å². The third-order valence-electron chi connectivity index (χ3n) is 4.19. The molecule has 2 N–H and O–H groups in total. The highest BCUT2D eigenvalue weighted by molar-refractivity contribution is 4.97. The zero-order valence-corrected chi connectivity index (χ0v) is 9.43. The van der Waals surface area contributed by atoms with E-state index in [0.29, 0.717) is 6.54 Å². The number of halogens is 1. The SMILES string of the molecule is NCC1(CF)CCCC2(CCCCO2)C1.